The third kappa shape index (κ3) is 6.04. The van der Waals surface area contributed by atoms with Gasteiger partial charge in [0.2, 0.25) is 11.8 Å². The maximum Gasteiger partial charge on any atom is 0.264 e. The number of methoxy groups -OCH3 is 1. The van der Waals surface area contributed by atoms with E-state index >= 15 is 0 Å². The van der Waals surface area contributed by atoms with Crippen LogP contribution in [0.4, 0.5) is 5.69 Å². The number of hydrogen-bond donors (Lipinski definition) is 1. The standard InChI is InChI=1S/C27H29N3O5S/c1-35-24-13-15-25(16-14-24)36(33,34)30(23-6-3-2-4-7-23)20-26(31)28-18-21-9-11-22(12-10-21)19-29-17-5-8-27(29)32/h2-4,6-7,9-16H,5,8,17-20H2,1H3,(H,28,31). The zero-order valence-corrected chi connectivity index (χ0v) is 20.9. The summed E-state index contributed by atoms with van der Waals surface area (Å²) in [5, 5.41) is 2.81. The Morgan fingerprint density at radius 3 is 2.25 bits per heavy atom. The average Bonchev–Trinajstić information content (AvgIpc) is 3.31. The van der Waals surface area contributed by atoms with Crippen molar-refractivity contribution in [1.29, 1.82) is 0 Å². The molecule has 3 aromatic rings. The molecule has 0 saturated carbocycles. The number of nitrogens with zero attached hydrogens (tertiary/aromatic N) is 2. The van der Waals surface area contributed by atoms with Crippen molar-refractivity contribution < 1.29 is 22.7 Å². The van der Waals surface area contributed by atoms with E-state index in [2.05, 4.69) is 5.32 Å². The summed E-state index contributed by atoms with van der Waals surface area (Å²) >= 11 is 0. The predicted octanol–water partition coefficient (Wildman–Crippen LogP) is 3.33. The Balaban J connectivity index is 1.42. The van der Waals surface area contributed by atoms with Crippen LogP contribution in [0, 0.1) is 0 Å². The number of hydrogen-bond acceptors (Lipinski definition) is 5. The number of carbonyl (C=O) groups excluding carboxylic acids is 2. The quantitative estimate of drug-likeness (QED) is 0.454. The molecule has 0 radical (unpaired) electrons. The third-order valence-electron chi connectivity index (χ3n) is 6.04. The number of sulfonamides is 1. The van der Waals surface area contributed by atoms with E-state index in [1.807, 2.05) is 29.2 Å². The van der Waals surface area contributed by atoms with Crippen LogP contribution in [0.3, 0.4) is 0 Å². The number of amides is 2. The highest BCUT2D eigenvalue weighted by Crippen LogP contribution is 2.25. The minimum atomic E-state index is -3.99. The number of benzene rings is 3. The van der Waals surface area contributed by atoms with Gasteiger partial charge in [-0.05, 0) is 53.9 Å². The fourth-order valence-corrected chi connectivity index (χ4v) is 5.45. The van der Waals surface area contributed by atoms with Crippen molar-refractivity contribution in [2.75, 3.05) is 24.5 Å². The SMILES string of the molecule is COc1ccc(S(=O)(=O)N(CC(=O)NCc2ccc(CN3CCCC3=O)cc2)c2ccccc2)cc1. The molecule has 1 heterocycles. The molecule has 0 bridgehead atoms. The second kappa shape index (κ2) is 11.3. The second-order valence-electron chi connectivity index (χ2n) is 8.53. The van der Waals surface area contributed by atoms with Gasteiger partial charge in [0.05, 0.1) is 17.7 Å². The molecule has 0 atom stereocenters. The number of likely N-dealkylation sites (tertiary alicyclic amines) is 1. The predicted molar refractivity (Wildman–Crippen MR) is 137 cm³/mol. The first-order valence-electron chi connectivity index (χ1n) is 11.7. The zero-order chi connectivity index (χ0) is 25.5. The van der Waals surface area contributed by atoms with Crippen LogP contribution >= 0.6 is 0 Å². The lowest BCUT2D eigenvalue weighted by Gasteiger charge is -2.24. The molecule has 1 saturated heterocycles. The Labute approximate surface area is 211 Å². The van der Waals surface area contributed by atoms with Crippen molar-refractivity contribution in [3.8, 4) is 5.75 Å². The van der Waals surface area contributed by atoms with Gasteiger partial charge in [0.15, 0.2) is 0 Å². The minimum Gasteiger partial charge on any atom is -0.497 e. The average molecular weight is 508 g/mol. The number of nitrogens with one attached hydrogen (secondary N) is 1. The Morgan fingerprint density at radius 1 is 0.972 bits per heavy atom. The minimum absolute atomic E-state index is 0.0621. The van der Waals surface area contributed by atoms with E-state index in [1.54, 1.807) is 42.5 Å². The van der Waals surface area contributed by atoms with Crippen molar-refractivity contribution in [3.63, 3.8) is 0 Å². The monoisotopic (exact) mass is 507 g/mol. The molecule has 2 amide bonds. The van der Waals surface area contributed by atoms with Crippen LogP contribution < -0.4 is 14.4 Å². The molecule has 0 unspecified atom stereocenters. The van der Waals surface area contributed by atoms with Crippen molar-refractivity contribution >= 4 is 27.5 Å². The van der Waals surface area contributed by atoms with Crippen LogP contribution in [0.15, 0.2) is 83.8 Å². The molecular weight excluding hydrogens is 478 g/mol. The summed E-state index contributed by atoms with van der Waals surface area (Å²) in [6.07, 6.45) is 1.51. The van der Waals surface area contributed by atoms with E-state index in [-0.39, 0.29) is 23.9 Å². The van der Waals surface area contributed by atoms with Crippen molar-refractivity contribution in [3.05, 3.63) is 90.0 Å². The van der Waals surface area contributed by atoms with Gasteiger partial charge in [-0.2, -0.15) is 0 Å². The first kappa shape index (κ1) is 25.2. The highest BCUT2D eigenvalue weighted by atomic mass is 32.2. The third-order valence-corrected chi connectivity index (χ3v) is 7.82. The second-order valence-corrected chi connectivity index (χ2v) is 10.4. The van der Waals surface area contributed by atoms with Gasteiger partial charge >= 0.3 is 0 Å². The van der Waals surface area contributed by atoms with Crippen LogP contribution in [-0.4, -0.2) is 45.3 Å². The van der Waals surface area contributed by atoms with E-state index in [1.165, 1.54) is 19.2 Å². The molecular formula is C27H29N3O5S. The molecule has 0 spiro atoms. The Bertz CT molecular complexity index is 1290. The largest absolute Gasteiger partial charge is 0.497 e. The highest BCUT2D eigenvalue weighted by molar-refractivity contribution is 7.92. The van der Waals surface area contributed by atoms with Gasteiger partial charge in [-0.25, -0.2) is 8.42 Å². The zero-order valence-electron chi connectivity index (χ0n) is 20.1. The molecule has 188 valence electrons. The lowest BCUT2D eigenvalue weighted by Crippen LogP contribution is -2.40. The smallest absolute Gasteiger partial charge is 0.264 e. The first-order valence-corrected chi connectivity index (χ1v) is 13.1. The molecule has 1 aliphatic rings. The summed E-state index contributed by atoms with van der Waals surface area (Å²) < 4.78 is 33.1. The van der Waals surface area contributed by atoms with Gasteiger partial charge in [-0.3, -0.25) is 13.9 Å². The number of ether oxygens (including phenoxy) is 1. The molecule has 1 fully saturated rings. The van der Waals surface area contributed by atoms with Gasteiger partial charge < -0.3 is 15.0 Å². The molecule has 4 rings (SSSR count). The maximum atomic E-state index is 13.4. The highest BCUT2D eigenvalue weighted by Gasteiger charge is 2.27. The Kier molecular flexibility index (Phi) is 7.90. The maximum absolute atomic E-state index is 13.4. The van der Waals surface area contributed by atoms with Gasteiger partial charge in [0.25, 0.3) is 10.0 Å². The van der Waals surface area contributed by atoms with E-state index in [0.29, 0.717) is 24.4 Å². The lowest BCUT2D eigenvalue weighted by atomic mass is 10.1. The first-order chi connectivity index (χ1) is 17.4. The number of anilines is 1. The molecule has 1 aliphatic heterocycles. The molecule has 9 heteroatoms. The van der Waals surface area contributed by atoms with E-state index in [4.69, 9.17) is 4.74 Å². The summed E-state index contributed by atoms with van der Waals surface area (Å²) in [4.78, 5) is 26.6. The van der Waals surface area contributed by atoms with E-state index in [9.17, 15) is 18.0 Å². The van der Waals surface area contributed by atoms with Crippen molar-refractivity contribution in [1.82, 2.24) is 10.2 Å². The van der Waals surface area contributed by atoms with Gasteiger partial charge in [-0.15, -0.1) is 0 Å². The van der Waals surface area contributed by atoms with Gasteiger partial charge in [0.1, 0.15) is 12.3 Å². The summed E-state index contributed by atoms with van der Waals surface area (Å²) in [5.41, 5.74) is 2.30. The van der Waals surface area contributed by atoms with Crippen LogP contribution in [0.25, 0.3) is 0 Å². The molecule has 3 aromatic carbocycles. The number of para-hydroxylation sites is 1. The Hall–Kier alpha value is -3.85. The molecule has 36 heavy (non-hydrogen) atoms. The lowest BCUT2D eigenvalue weighted by molar-refractivity contribution is -0.128. The summed E-state index contributed by atoms with van der Waals surface area (Å²) in [7, 11) is -2.49. The van der Waals surface area contributed by atoms with Gasteiger partial charge in [-0.1, -0.05) is 42.5 Å². The Morgan fingerprint density at radius 2 is 1.64 bits per heavy atom. The molecule has 0 aliphatic carbocycles. The summed E-state index contributed by atoms with van der Waals surface area (Å²) in [5.74, 6) is 0.289. The topological polar surface area (TPSA) is 96.0 Å². The fourth-order valence-electron chi connectivity index (χ4n) is 4.03. The van der Waals surface area contributed by atoms with Gasteiger partial charge in [0, 0.05) is 26.1 Å². The van der Waals surface area contributed by atoms with Crippen molar-refractivity contribution in [2.24, 2.45) is 0 Å². The van der Waals surface area contributed by atoms with Crippen LogP contribution in [-0.2, 0) is 32.7 Å². The molecule has 1 N–H and O–H groups in total. The van der Waals surface area contributed by atoms with E-state index in [0.717, 1.165) is 28.4 Å². The van der Waals surface area contributed by atoms with Crippen LogP contribution in [0.1, 0.15) is 24.0 Å². The summed E-state index contributed by atoms with van der Waals surface area (Å²) in [6.45, 7) is 1.26. The van der Waals surface area contributed by atoms with Crippen LogP contribution in [0.2, 0.25) is 0 Å². The normalized spacial score (nSPS) is 13.5. The molecule has 8 nitrogen and oxygen atoms in total. The van der Waals surface area contributed by atoms with E-state index < -0.39 is 15.9 Å². The number of carbonyl (C=O) groups is 2. The molecule has 0 aromatic heterocycles. The number of rotatable bonds is 10. The van der Waals surface area contributed by atoms with Crippen LogP contribution in [0.5, 0.6) is 5.75 Å². The fraction of sp³-hybridized carbons (Fsp3) is 0.259. The summed E-state index contributed by atoms with van der Waals surface area (Å²) in [6, 6.07) is 22.3. The van der Waals surface area contributed by atoms with Crippen molar-refractivity contribution in [2.45, 2.75) is 30.8 Å².